The molecule has 0 saturated carbocycles. The predicted molar refractivity (Wildman–Crippen MR) is 132 cm³/mol. The van der Waals surface area contributed by atoms with E-state index in [0.29, 0.717) is 28.4 Å². The highest BCUT2D eigenvalue weighted by Gasteiger charge is 2.19. The Balaban J connectivity index is 1.54. The number of fused-ring (bicyclic) bond motifs is 1. The smallest absolute Gasteiger partial charge is 0.278 e. The highest BCUT2D eigenvalue weighted by atomic mass is 19.1. The van der Waals surface area contributed by atoms with Crippen molar-refractivity contribution < 1.29 is 9.13 Å². The van der Waals surface area contributed by atoms with Gasteiger partial charge in [0.15, 0.2) is 11.5 Å². The third kappa shape index (κ3) is 4.92. The molecule has 4 aromatic rings. The van der Waals surface area contributed by atoms with Crippen LogP contribution in [0.25, 0.3) is 16.9 Å². The Labute approximate surface area is 201 Å². The number of hydrogen-bond acceptors (Lipinski definition) is 7. The van der Waals surface area contributed by atoms with E-state index in [9.17, 15) is 9.18 Å². The first-order valence-electron chi connectivity index (χ1n) is 11.6. The Bertz CT molecular complexity index is 1390. The van der Waals surface area contributed by atoms with Gasteiger partial charge in [-0.2, -0.15) is 9.97 Å². The van der Waals surface area contributed by atoms with Crippen molar-refractivity contribution in [3.8, 4) is 11.7 Å². The van der Waals surface area contributed by atoms with Crippen LogP contribution in [0.2, 0.25) is 0 Å². The maximum atomic E-state index is 13.3. The lowest BCUT2D eigenvalue weighted by atomic mass is 10.2. The summed E-state index contributed by atoms with van der Waals surface area (Å²) >= 11 is 0. The number of ether oxygens (including phenoxy) is 1. The summed E-state index contributed by atoms with van der Waals surface area (Å²) in [7, 11) is 0. The first kappa shape index (κ1) is 22.7. The van der Waals surface area contributed by atoms with Crippen molar-refractivity contribution in [3.05, 3.63) is 77.5 Å². The molecule has 5 rings (SSSR count). The van der Waals surface area contributed by atoms with Crippen LogP contribution in [0.3, 0.4) is 0 Å². The molecule has 3 aromatic heterocycles. The molecule has 0 aliphatic carbocycles. The van der Waals surface area contributed by atoms with Crippen LogP contribution in [0, 0.1) is 5.82 Å². The molecule has 180 valence electrons. The zero-order valence-corrected chi connectivity index (χ0v) is 19.2. The number of aromatic nitrogens is 5. The number of hydrogen-bond donors (Lipinski definition) is 2. The number of halogens is 1. The molecule has 0 amide bonds. The number of benzene rings is 1. The summed E-state index contributed by atoms with van der Waals surface area (Å²) in [6.07, 6.45) is 6.11. The van der Waals surface area contributed by atoms with Crippen LogP contribution in [-0.2, 0) is 6.54 Å². The van der Waals surface area contributed by atoms with Gasteiger partial charge in [-0.05, 0) is 62.7 Å². The second-order valence-electron chi connectivity index (χ2n) is 8.31. The maximum absolute atomic E-state index is 13.3. The Kier molecular flexibility index (Phi) is 6.53. The van der Waals surface area contributed by atoms with E-state index in [1.165, 1.54) is 23.0 Å². The molecule has 0 radical (unpaired) electrons. The first-order chi connectivity index (χ1) is 17.1. The number of allylic oxidation sites excluding steroid dienone is 1. The van der Waals surface area contributed by atoms with Crippen LogP contribution in [-0.4, -0.2) is 43.5 Å². The molecule has 1 aliphatic rings. The van der Waals surface area contributed by atoms with Gasteiger partial charge in [0.2, 0.25) is 11.8 Å². The summed E-state index contributed by atoms with van der Waals surface area (Å²) in [5, 5.41) is 6.78. The third-order valence-corrected chi connectivity index (χ3v) is 5.81. The second-order valence-corrected chi connectivity index (χ2v) is 8.31. The fourth-order valence-corrected chi connectivity index (χ4v) is 4.13. The summed E-state index contributed by atoms with van der Waals surface area (Å²) in [6, 6.07) is 11.3. The van der Waals surface area contributed by atoms with Crippen LogP contribution in [0.15, 0.2) is 66.1 Å². The topological polar surface area (TPSA) is 98.9 Å². The van der Waals surface area contributed by atoms with Gasteiger partial charge in [-0.1, -0.05) is 12.1 Å². The van der Waals surface area contributed by atoms with Crippen LogP contribution >= 0.6 is 0 Å². The number of anilines is 2. The minimum Gasteiger partial charge on any atom is -0.474 e. The lowest BCUT2D eigenvalue weighted by Crippen LogP contribution is -2.23. The Morgan fingerprint density at radius 1 is 1.17 bits per heavy atom. The molecule has 4 heterocycles. The van der Waals surface area contributed by atoms with Crippen LogP contribution < -0.4 is 20.9 Å². The average Bonchev–Trinajstić information content (AvgIpc) is 3.00. The standard InChI is InChI=1S/C25H26FN7O2/c1-2-15-32-24(34)20-16-28-25(29-18-10-8-17(26)9-11-18)31-23(20)33(32)21-6-3-7-22(30-21)35-19-5-4-13-27-14-12-19/h2-3,6-11,16,19,27H,1,4-5,12-15H2,(H,28,29,31). The largest absolute Gasteiger partial charge is 0.474 e. The van der Waals surface area contributed by atoms with Gasteiger partial charge in [-0.3, -0.25) is 4.79 Å². The predicted octanol–water partition coefficient (Wildman–Crippen LogP) is 3.57. The van der Waals surface area contributed by atoms with E-state index < -0.39 is 0 Å². The molecule has 35 heavy (non-hydrogen) atoms. The molecule has 9 nitrogen and oxygen atoms in total. The molecule has 1 aliphatic heterocycles. The zero-order valence-electron chi connectivity index (χ0n) is 19.2. The highest BCUT2D eigenvalue weighted by Crippen LogP contribution is 2.21. The molecular weight excluding hydrogens is 449 g/mol. The number of rotatable bonds is 7. The minimum atomic E-state index is -0.337. The SMILES string of the molecule is C=CCn1c(=O)c2cnc(Nc3ccc(F)cc3)nc2n1-c1cccc(OC2CCCNCC2)n1. The van der Waals surface area contributed by atoms with Crippen molar-refractivity contribution in [3.63, 3.8) is 0 Å². The minimum absolute atomic E-state index is 0.0818. The lowest BCUT2D eigenvalue weighted by molar-refractivity contribution is 0.179. The summed E-state index contributed by atoms with van der Waals surface area (Å²) in [6.45, 7) is 5.94. The molecule has 2 N–H and O–H groups in total. The van der Waals surface area contributed by atoms with Crippen LogP contribution in [0.4, 0.5) is 16.0 Å². The summed E-state index contributed by atoms with van der Waals surface area (Å²) < 4.78 is 22.6. The van der Waals surface area contributed by atoms with Crippen molar-refractivity contribution in [2.75, 3.05) is 18.4 Å². The van der Waals surface area contributed by atoms with Crippen LogP contribution in [0.1, 0.15) is 19.3 Å². The molecule has 1 saturated heterocycles. The van der Waals surface area contributed by atoms with E-state index in [1.54, 1.807) is 29.0 Å². The van der Waals surface area contributed by atoms with Gasteiger partial charge in [0, 0.05) is 18.0 Å². The van der Waals surface area contributed by atoms with E-state index >= 15 is 0 Å². The molecule has 1 atom stereocenters. The van der Waals surface area contributed by atoms with E-state index in [0.717, 1.165) is 32.4 Å². The van der Waals surface area contributed by atoms with Crippen molar-refractivity contribution in [1.82, 2.24) is 29.6 Å². The van der Waals surface area contributed by atoms with Gasteiger partial charge in [0.25, 0.3) is 5.56 Å². The molecule has 0 bridgehead atoms. The van der Waals surface area contributed by atoms with Gasteiger partial charge < -0.3 is 15.4 Å². The van der Waals surface area contributed by atoms with Gasteiger partial charge in [0.05, 0.1) is 6.54 Å². The fourth-order valence-electron chi connectivity index (χ4n) is 4.13. The average molecular weight is 476 g/mol. The summed E-state index contributed by atoms with van der Waals surface area (Å²) in [5.41, 5.74) is 0.757. The monoisotopic (exact) mass is 475 g/mol. The van der Waals surface area contributed by atoms with Crippen molar-refractivity contribution in [2.24, 2.45) is 0 Å². The van der Waals surface area contributed by atoms with Crippen LogP contribution in [0.5, 0.6) is 5.88 Å². The molecule has 10 heteroatoms. The van der Waals surface area contributed by atoms with Crippen molar-refractivity contribution >= 4 is 22.7 Å². The van der Waals surface area contributed by atoms with E-state index in [4.69, 9.17) is 9.72 Å². The van der Waals surface area contributed by atoms with Gasteiger partial charge >= 0.3 is 0 Å². The lowest BCUT2D eigenvalue weighted by Gasteiger charge is -2.17. The maximum Gasteiger partial charge on any atom is 0.278 e. The Morgan fingerprint density at radius 3 is 2.86 bits per heavy atom. The van der Waals surface area contributed by atoms with E-state index in [1.807, 2.05) is 12.1 Å². The highest BCUT2D eigenvalue weighted by molar-refractivity contribution is 5.77. The molecule has 1 fully saturated rings. The van der Waals surface area contributed by atoms with E-state index in [2.05, 4.69) is 27.2 Å². The Hall–Kier alpha value is -4.05. The van der Waals surface area contributed by atoms with E-state index in [-0.39, 0.29) is 30.0 Å². The van der Waals surface area contributed by atoms with Crippen molar-refractivity contribution in [2.45, 2.75) is 31.9 Å². The third-order valence-electron chi connectivity index (χ3n) is 5.81. The van der Waals surface area contributed by atoms with Gasteiger partial charge in [-0.25, -0.2) is 18.7 Å². The van der Waals surface area contributed by atoms with Gasteiger partial charge in [-0.15, -0.1) is 6.58 Å². The molecule has 1 aromatic carbocycles. The zero-order chi connectivity index (χ0) is 24.2. The van der Waals surface area contributed by atoms with Crippen molar-refractivity contribution in [1.29, 1.82) is 0 Å². The Morgan fingerprint density at radius 2 is 2.03 bits per heavy atom. The summed E-state index contributed by atoms with van der Waals surface area (Å²) in [5.74, 6) is 0.921. The number of nitrogens with one attached hydrogen (secondary N) is 2. The fraction of sp³-hybridized carbons (Fsp3) is 0.280. The second kappa shape index (κ2) is 10.1. The quantitative estimate of drug-likeness (QED) is 0.394. The first-order valence-corrected chi connectivity index (χ1v) is 11.6. The molecular formula is C25H26FN7O2. The number of nitrogens with zero attached hydrogens (tertiary/aromatic N) is 5. The molecule has 0 spiro atoms. The normalized spacial score (nSPS) is 16.1. The molecule has 1 unspecified atom stereocenters. The summed E-state index contributed by atoms with van der Waals surface area (Å²) in [4.78, 5) is 26.7. The van der Waals surface area contributed by atoms with Gasteiger partial charge in [0.1, 0.15) is 17.3 Å². The number of pyridine rings is 1.